The molecule has 0 aliphatic rings. The zero-order valence-electron chi connectivity index (χ0n) is 10.0. The average Bonchev–Trinajstić information content (AvgIpc) is 2.78. The Kier molecular flexibility index (Phi) is 4.44. The molecule has 2 aromatic carbocycles. The number of fused-ring (bicyclic) bond motifs is 1. The summed E-state index contributed by atoms with van der Waals surface area (Å²) >= 11 is 21.6. The second kappa shape index (κ2) is 5.98. The third-order valence-electron chi connectivity index (χ3n) is 3.13. The highest BCUT2D eigenvalue weighted by Gasteiger charge is 2.19. The molecule has 0 spiro atoms. The van der Waals surface area contributed by atoms with E-state index in [4.69, 9.17) is 23.2 Å². The molecule has 0 fully saturated rings. The lowest BCUT2D eigenvalue weighted by molar-refractivity contribution is 1.17. The first-order valence-electron chi connectivity index (χ1n) is 5.84. The summed E-state index contributed by atoms with van der Waals surface area (Å²) in [6.07, 6.45) is 0. The number of thiophene rings is 1. The van der Waals surface area contributed by atoms with Crippen molar-refractivity contribution in [2.45, 2.75) is 5.38 Å². The van der Waals surface area contributed by atoms with Gasteiger partial charge >= 0.3 is 0 Å². The van der Waals surface area contributed by atoms with Crippen LogP contribution in [0, 0.1) is 0 Å². The first-order chi connectivity index (χ1) is 9.58. The highest BCUT2D eigenvalue weighted by Crippen LogP contribution is 2.43. The van der Waals surface area contributed by atoms with Crippen LogP contribution >= 0.6 is 66.4 Å². The van der Waals surface area contributed by atoms with Gasteiger partial charge in [0.25, 0.3) is 0 Å². The van der Waals surface area contributed by atoms with E-state index in [1.165, 1.54) is 0 Å². The van der Waals surface area contributed by atoms with Crippen LogP contribution in [0.5, 0.6) is 0 Å². The fraction of sp³-hybridized carbons (Fsp3) is 0.0667. The van der Waals surface area contributed by atoms with E-state index < -0.39 is 0 Å². The van der Waals surface area contributed by atoms with Gasteiger partial charge in [0.2, 0.25) is 0 Å². The predicted molar refractivity (Wildman–Crippen MR) is 96.4 cm³/mol. The molecule has 0 aliphatic heterocycles. The summed E-state index contributed by atoms with van der Waals surface area (Å²) in [7, 11) is 0. The van der Waals surface area contributed by atoms with Crippen molar-refractivity contribution in [2.24, 2.45) is 0 Å². The Morgan fingerprint density at radius 1 is 0.950 bits per heavy atom. The second-order valence-electron chi connectivity index (χ2n) is 4.32. The van der Waals surface area contributed by atoms with Crippen molar-refractivity contribution in [1.82, 2.24) is 0 Å². The number of hydrogen-bond acceptors (Lipinski definition) is 1. The molecule has 0 saturated carbocycles. The Balaban J connectivity index is 2.20. The molecule has 0 bridgehead atoms. The Bertz CT molecular complexity index is 783. The second-order valence-corrected chi connectivity index (χ2v) is 8.92. The van der Waals surface area contributed by atoms with Crippen LogP contribution in [0.25, 0.3) is 10.8 Å². The Morgan fingerprint density at radius 3 is 2.30 bits per heavy atom. The monoisotopic (exact) mass is 448 g/mol. The minimum absolute atomic E-state index is 0.214. The third-order valence-corrected chi connectivity index (χ3v) is 6.32. The van der Waals surface area contributed by atoms with Gasteiger partial charge in [-0.1, -0.05) is 41.9 Å². The number of halogens is 4. The van der Waals surface area contributed by atoms with E-state index in [0.29, 0.717) is 0 Å². The van der Waals surface area contributed by atoms with Gasteiger partial charge in [-0.05, 0) is 54.9 Å². The van der Waals surface area contributed by atoms with Gasteiger partial charge in [0, 0.05) is 16.0 Å². The van der Waals surface area contributed by atoms with Crippen molar-refractivity contribution in [3.63, 3.8) is 0 Å². The van der Waals surface area contributed by atoms with E-state index in [1.807, 2.05) is 30.3 Å². The van der Waals surface area contributed by atoms with Crippen LogP contribution in [0.2, 0.25) is 5.02 Å². The Hall–Kier alpha value is -0.0600. The highest BCUT2D eigenvalue weighted by atomic mass is 79.9. The maximum Gasteiger partial charge on any atom is 0.0860 e. The lowest BCUT2D eigenvalue weighted by Crippen LogP contribution is -1.94. The number of hydrogen-bond donors (Lipinski definition) is 0. The van der Waals surface area contributed by atoms with Gasteiger partial charge in [-0.25, -0.2) is 0 Å². The van der Waals surface area contributed by atoms with E-state index in [1.54, 1.807) is 11.3 Å². The van der Waals surface area contributed by atoms with E-state index in [-0.39, 0.29) is 5.38 Å². The highest BCUT2D eigenvalue weighted by molar-refractivity contribution is 9.12. The molecule has 5 heteroatoms. The smallest absolute Gasteiger partial charge is 0.0860 e. The minimum Gasteiger partial charge on any atom is -0.121 e. The fourth-order valence-electron chi connectivity index (χ4n) is 2.20. The van der Waals surface area contributed by atoms with Gasteiger partial charge < -0.3 is 0 Å². The summed E-state index contributed by atoms with van der Waals surface area (Å²) in [5.41, 5.74) is 2.13. The van der Waals surface area contributed by atoms with Crippen LogP contribution in [0.1, 0.15) is 16.5 Å². The molecule has 1 unspecified atom stereocenters. The average molecular weight is 451 g/mol. The first kappa shape index (κ1) is 14.9. The summed E-state index contributed by atoms with van der Waals surface area (Å²) in [6, 6.07) is 14.0. The van der Waals surface area contributed by atoms with Gasteiger partial charge in [0.15, 0.2) is 0 Å². The molecule has 1 aromatic heterocycles. The van der Waals surface area contributed by atoms with Crippen molar-refractivity contribution in [1.29, 1.82) is 0 Å². The molecule has 1 atom stereocenters. The predicted octanol–water partition coefficient (Wildman–Crippen LogP) is 7.41. The summed E-state index contributed by atoms with van der Waals surface area (Å²) in [4.78, 5) is 0. The molecule has 0 nitrogen and oxygen atoms in total. The molecule has 102 valence electrons. The Labute approximate surface area is 148 Å². The number of benzene rings is 2. The van der Waals surface area contributed by atoms with E-state index in [9.17, 15) is 0 Å². The van der Waals surface area contributed by atoms with Crippen molar-refractivity contribution in [2.75, 3.05) is 0 Å². The molecule has 0 N–H and O–H groups in total. The summed E-state index contributed by atoms with van der Waals surface area (Å²) in [5, 5.41) is 2.66. The molecule has 20 heavy (non-hydrogen) atoms. The van der Waals surface area contributed by atoms with Crippen LogP contribution in [-0.4, -0.2) is 0 Å². The fourth-order valence-corrected chi connectivity index (χ4v) is 5.89. The lowest BCUT2D eigenvalue weighted by Gasteiger charge is -2.13. The summed E-state index contributed by atoms with van der Waals surface area (Å²) in [6.45, 7) is 0. The molecule has 0 aliphatic carbocycles. The van der Waals surface area contributed by atoms with Gasteiger partial charge in [0.05, 0.1) is 12.9 Å². The van der Waals surface area contributed by atoms with Crippen LogP contribution in [-0.2, 0) is 0 Å². The lowest BCUT2D eigenvalue weighted by atomic mass is 9.99. The van der Waals surface area contributed by atoms with Crippen LogP contribution in [0.3, 0.4) is 0 Å². The molecular weight excluding hydrogens is 443 g/mol. The molecule has 3 rings (SSSR count). The van der Waals surface area contributed by atoms with E-state index in [0.717, 1.165) is 34.5 Å². The minimum atomic E-state index is -0.214. The maximum atomic E-state index is 6.69. The third kappa shape index (κ3) is 2.67. The quantitative estimate of drug-likeness (QED) is 0.356. The van der Waals surface area contributed by atoms with Gasteiger partial charge in [-0.2, -0.15) is 0 Å². The largest absolute Gasteiger partial charge is 0.121 e. The summed E-state index contributed by atoms with van der Waals surface area (Å²) in [5.74, 6) is 0. The zero-order valence-corrected chi connectivity index (χ0v) is 15.5. The van der Waals surface area contributed by atoms with Gasteiger partial charge in [-0.15, -0.1) is 22.9 Å². The van der Waals surface area contributed by atoms with Crippen molar-refractivity contribution < 1.29 is 0 Å². The van der Waals surface area contributed by atoms with Crippen molar-refractivity contribution >= 4 is 77.2 Å². The molecular formula is C15H8Br2Cl2S. The van der Waals surface area contributed by atoms with Crippen LogP contribution in [0.4, 0.5) is 0 Å². The van der Waals surface area contributed by atoms with Crippen LogP contribution in [0.15, 0.2) is 50.0 Å². The molecule has 0 amide bonds. The normalized spacial score (nSPS) is 12.8. The zero-order chi connectivity index (χ0) is 14.3. The van der Waals surface area contributed by atoms with Crippen molar-refractivity contribution in [3.05, 3.63) is 66.2 Å². The summed E-state index contributed by atoms with van der Waals surface area (Å²) < 4.78 is 2.10. The first-order valence-corrected chi connectivity index (χ1v) is 9.05. The Morgan fingerprint density at radius 2 is 1.65 bits per heavy atom. The molecule has 0 saturated heterocycles. The van der Waals surface area contributed by atoms with E-state index in [2.05, 4.69) is 44.0 Å². The standard InChI is InChI=1S/C15H8Br2Cl2S/c16-13-7-11(15(17)20-13)14(19)10-5-6-12(18)9-4-2-1-3-8(9)10/h1-7,14H. The maximum absolute atomic E-state index is 6.69. The molecule has 3 aromatic rings. The number of alkyl halides is 1. The molecule has 1 heterocycles. The van der Waals surface area contributed by atoms with Gasteiger partial charge in [0.1, 0.15) is 0 Å². The SMILES string of the molecule is Clc1ccc(C(Cl)c2cc(Br)sc2Br)c2ccccc12. The number of rotatable bonds is 2. The van der Waals surface area contributed by atoms with Crippen LogP contribution < -0.4 is 0 Å². The molecule has 0 radical (unpaired) electrons. The van der Waals surface area contributed by atoms with Crippen molar-refractivity contribution in [3.8, 4) is 0 Å². The topological polar surface area (TPSA) is 0 Å². The van der Waals surface area contributed by atoms with E-state index >= 15 is 0 Å². The van der Waals surface area contributed by atoms with Gasteiger partial charge in [-0.3, -0.25) is 0 Å².